The summed E-state index contributed by atoms with van der Waals surface area (Å²) in [6.07, 6.45) is 0.982. The zero-order valence-corrected chi connectivity index (χ0v) is 20.1. The normalized spacial score (nSPS) is 12.0. The fraction of sp³-hybridized carbons (Fsp3) is 0.133. The Hall–Kier alpha value is -4.58. The first-order valence-electron chi connectivity index (χ1n) is 11.9. The zero-order valence-electron chi connectivity index (χ0n) is 20.1. The summed E-state index contributed by atoms with van der Waals surface area (Å²) >= 11 is 0. The molecule has 0 saturated carbocycles. The van der Waals surface area contributed by atoms with Gasteiger partial charge in [0, 0.05) is 11.1 Å². The van der Waals surface area contributed by atoms with Crippen LogP contribution in [0.5, 0.6) is 11.5 Å². The molecule has 182 valence electrons. The lowest BCUT2D eigenvalue weighted by Crippen LogP contribution is -2.74. The average molecular weight is 481 g/mol. The molecule has 0 aliphatic rings. The van der Waals surface area contributed by atoms with Gasteiger partial charge >= 0.3 is 0 Å². The van der Waals surface area contributed by atoms with E-state index in [4.69, 9.17) is 11.5 Å². The van der Waals surface area contributed by atoms with E-state index in [-0.39, 0.29) is 11.5 Å². The molecular formula is C30H32N4O2+2. The van der Waals surface area contributed by atoms with Gasteiger partial charge in [-0.25, -0.2) is 0 Å². The lowest BCUT2D eigenvalue weighted by Gasteiger charge is -2.11. The molecule has 0 aliphatic heterocycles. The van der Waals surface area contributed by atoms with Crippen molar-refractivity contribution in [2.45, 2.75) is 25.9 Å². The highest BCUT2D eigenvalue weighted by molar-refractivity contribution is 5.82. The van der Waals surface area contributed by atoms with E-state index in [1.165, 1.54) is 0 Å². The van der Waals surface area contributed by atoms with Gasteiger partial charge in [0.2, 0.25) is 11.7 Å². The Labute approximate surface area is 211 Å². The molecule has 0 amide bonds. The molecule has 4 rings (SSSR count). The molecule has 4 aromatic carbocycles. The highest BCUT2D eigenvalue weighted by Gasteiger charge is 2.14. The van der Waals surface area contributed by atoms with Crippen molar-refractivity contribution in [2.75, 3.05) is 0 Å². The summed E-state index contributed by atoms with van der Waals surface area (Å²) in [7, 11) is 0. The summed E-state index contributed by atoms with van der Waals surface area (Å²) in [5.41, 5.74) is 17.7. The van der Waals surface area contributed by atoms with E-state index in [0.717, 1.165) is 22.3 Å². The molecule has 36 heavy (non-hydrogen) atoms. The third-order valence-corrected chi connectivity index (χ3v) is 5.93. The van der Waals surface area contributed by atoms with Crippen LogP contribution in [0.15, 0.2) is 97.1 Å². The Kier molecular flexibility index (Phi) is 7.98. The Bertz CT molecular complexity index is 1260. The van der Waals surface area contributed by atoms with Gasteiger partial charge in [0.25, 0.3) is 0 Å². The lowest BCUT2D eigenvalue weighted by atomic mass is 9.97. The molecule has 0 bridgehead atoms. The second-order valence-corrected chi connectivity index (χ2v) is 8.79. The maximum absolute atomic E-state index is 10.6. The van der Waals surface area contributed by atoms with Gasteiger partial charge in [0.1, 0.15) is 24.6 Å². The van der Waals surface area contributed by atoms with Crippen molar-refractivity contribution in [3.8, 4) is 22.6 Å². The molecule has 0 heterocycles. The number of rotatable bonds is 9. The van der Waals surface area contributed by atoms with Crippen molar-refractivity contribution < 1.29 is 20.2 Å². The van der Waals surface area contributed by atoms with Crippen LogP contribution in [0.1, 0.15) is 22.3 Å². The number of aromatic hydroxyl groups is 2. The fourth-order valence-corrected chi connectivity index (χ4v) is 4.01. The lowest BCUT2D eigenvalue weighted by molar-refractivity contribution is -0.477. The number of nitrogens with one attached hydrogen (secondary N) is 2. The minimum absolute atomic E-state index is 0.0844. The van der Waals surface area contributed by atoms with Crippen LogP contribution in [0, 0.1) is 0 Å². The Morgan fingerprint density at radius 2 is 0.917 bits per heavy atom. The van der Waals surface area contributed by atoms with Gasteiger partial charge < -0.3 is 10.2 Å². The first kappa shape index (κ1) is 24.5. The van der Waals surface area contributed by atoms with Crippen molar-refractivity contribution >= 4 is 11.7 Å². The van der Waals surface area contributed by atoms with Crippen LogP contribution < -0.4 is 21.5 Å². The summed E-state index contributed by atoms with van der Waals surface area (Å²) < 4.78 is 0. The molecule has 0 spiro atoms. The summed E-state index contributed by atoms with van der Waals surface area (Å²) in [5.74, 6) is 1.42. The molecule has 4 aromatic rings. The predicted octanol–water partition coefficient (Wildman–Crippen LogP) is 1.13. The number of hydrogen-bond donors (Lipinski definition) is 6. The summed E-state index contributed by atoms with van der Waals surface area (Å²) in [6.45, 7) is 1.27. The topological polar surface area (TPSA) is 120 Å². The number of amidine groups is 2. The van der Waals surface area contributed by atoms with Crippen molar-refractivity contribution in [2.24, 2.45) is 11.5 Å². The van der Waals surface area contributed by atoms with Crippen LogP contribution >= 0.6 is 0 Å². The number of hydrogen-bond acceptors (Lipinski definition) is 2. The molecule has 0 saturated heterocycles. The van der Waals surface area contributed by atoms with E-state index in [1.807, 2.05) is 84.9 Å². The molecule has 0 unspecified atom stereocenters. The van der Waals surface area contributed by atoms with Crippen LogP contribution in [0.3, 0.4) is 0 Å². The highest BCUT2D eigenvalue weighted by Crippen LogP contribution is 2.36. The van der Waals surface area contributed by atoms with Crippen LogP contribution in [-0.4, -0.2) is 21.9 Å². The number of phenolic OH excluding ortho intramolecular Hbond substituents is 2. The smallest absolute Gasteiger partial charge is 0.245 e. The summed E-state index contributed by atoms with van der Waals surface area (Å²) in [6, 6.07) is 30.7. The molecular weight excluding hydrogens is 448 g/mol. The van der Waals surface area contributed by atoms with E-state index in [9.17, 15) is 10.2 Å². The van der Waals surface area contributed by atoms with E-state index >= 15 is 0 Å². The summed E-state index contributed by atoms with van der Waals surface area (Å²) in [5, 5.41) is 21.2. The minimum atomic E-state index is 0.0844. The number of nitrogens with two attached hydrogens (primary N) is 2. The zero-order chi connectivity index (χ0) is 25.3. The van der Waals surface area contributed by atoms with Gasteiger partial charge in [0.05, 0.1) is 12.8 Å². The third kappa shape index (κ3) is 6.73. The minimum Gasteiger partial charge on any atom is -0.507 e. The number of phenols is 2. The molecule has 0 fully saturated rings. The molecule has 0 atom stereocenters. The summed E-state index contributed by atoms with van der Waals surface area (Å²) in [4.78, 5) is 6.49. The maximum atomic E-state index is 10.6. The van der Waals surface area contributed by atoms with E-state index in [1.54, 1.807) is 12.1 Å². The molecule has 6 heteroatoms. The Morgan fingerprint density at radius 3 is 1.31 bits per heavy atom. The van der Waals surface area contributed by atoms with E-state index in [0.29, 0.717) is 48.7 Å². The van der Waals surface area contributed by atoms with Crippen LogP contribution in [-0.2, 0) is 25.9 Å². The molecule has 6 nitrogen and oxygen atoms in total. The van der Waals surface area contributed by atoms with Gasteiger partial charge in [-0.2, -0.15) is 0 Å². The van der Waals surface area contributed by atoms with E-state index in [2.05, 4.69) is 9.98 Å². The van der Waals surface area contributed by atoms with E-state index < -0.39 is 0 Å². The Balaban J connectivity index is 1.50. The first-order chi connectivity index (χ1) is 17.5. The molecule has 8 N–H and O–H groups in total. The van der Waals surface area contributed by atoms with Crippen LogP contribution in [0.25, 0.3) is 11.1 Å². The van der Waals surface area contributed by atoms with Gasteiger partial charge in [0.15, 0.2) is 0 Å². The van der Waals surface area contributed by atoms with Gasteiger partial charge in [-0.1, -0.05) is 72.8 Å². The average Bonchev–Trinajstić information content (AvgIpc) is 2.90. The quantitative estimate of drug-likeness (QED) is 0.159. The van der Waals surface area contributed by atoms with Crippen molar-refractivity contribution in [3.63, 3.8) is 0 Å². The molecule has 0 aliphatic carbocycles. The van der Waals surface area contributed by atoms with Gasteiger partial charge in [-0.3, -0.25) is 21.5 Å². The highest BCUT2D eigenvalue weighted by atomic mass is 16.3. The monoisotopic (exact) mass is 480 g/mol. The standard InChI is InChI=1S/C30H30N4O2/c31-29(33-19-21-7-3-1-4-8-21)17-23-11-13-27(35)25(15-23)26-16-24(12-14-28(26)36)18-30(32)34-20-22-9-5-2-6-10-22/h1-16,35-36H,17-20H2,(H2,31,33)(H2,32,34)/p+2. The van der Waals surface area contributed by atoms with Gasteiger partial charge in [-0.05, 0) is 46.5 Å². The van der Waals surface area contributed by atoms with Gasteiger partial charge in [-0.15, -0.1) is 0 Å². The van der Waals surface area contributed by atoms with Crippen molar-refractivity contribution in [3.05, 3.63) is 119 Å². The van der Waals surface area contributed by atoms with Crippen molar-refractivity contribution in [1.82, 2.24) is 0 Å². The van der Waals surface area contributed by atoms with Crippen LogP contribution in [0.2, 0.25) is 0 Å². The Morgan fingerprint density at radius 1 is 0.528 bits per heavy atom. The predicted molar refractivity (Wildman–Crippen MR) is 143 cm³/mol. The van der Waals surface area contributed by atoms with Crippen LogP contribution in [0.4, 0.5) is 0 Å². The SMILES string of the molecule is NC(Cc1ccc(O)c(-c2cc(CC(N)=[NH+]Cc3ccccc3)ccc2O)c1)=[NH+]Cc1ccccc1. The second kappa shape index (κ2) is 11.7. The molecule has 0 radical (unpaired) electrons. The third-order valence-electron chi connectivity index (χ3n) is 5.93. The fourth-order valence-electron chi connectivity index (χ4n) is 4.01. The van der Waals surface area contributed by atoms with Crippen molar-refractivity contribution in [1.29, 1.82) is 0 Å². The maximum Gasteiger partial charge on any atom is 0.245 e. The second-order valence-electron chi connectivity index (χ2n) is 8.79. The first-order valence-corrected chi connectivity index (χ1v) is 11.9. The molecule has 0 aromatic heterocycles. The number of benzene rings is 4. The largest absolute Gasteiger partial charge is 0.507 e.